The number of fused-ring (bicyclic) bond motifs is 1. The molecule has 1 amide bonds. The van der Waals surface area contributed by atoms with Crippen molar-refractivity contribution >= 4 is 73.6 Å². The fourth-order valence-corrected chi connectivity index (χ4v) is 4.32. The highest BCUT2D eigenvalue weighted by atomic mass is 35.5. The highest BCUT2D eigenvalue weighted by Crippen LogP contribution is 2.37. The van der Waals surface area contributed by atoms with Gasteiger partial charge >= 0.3 is 5.97 Å². The van der Waals surface area contributed by atoms with Gasteiger partial charge in [0.05, 0.1) is 24.0 Å². The molecule has 11 heteroatoms. The molecule has 0 atom stereocenters. The molecule has 0 spiro atoms. The van der Waals surface area contributed by atoms with Gasteiger partial charge in [0, 0.05) is 22.3 Å². The standard InChI is InChI=1S/C17H16ClN5O3S2/c1-3-23-13(15(19)24)10(7-20-23)22-17(27)21-8-4-5-9-11(6-8)28-14(12(9)18)16(25)26-2/h4-7H,3H2,1-2H3,(H2,19,24)(H2,21,22,27). The normalized spacial score (nSPS) is 10.7. The van der Waals surface area contributed by atoms with Gasteiger partial charge in [0.25, 0.3) is 5.91 Å². The number of methoxy groups -OCH3 is 1. The number of esters is 1. The third-order valence-corrected chi connectivity index (χ3v) is 5.72. The molecule has 1 aromatic carbocycles. The number of aryl methyl sites for hydroxylation is 1. The summed E-state index contributed by atoms with van der Waals surface area (Å²) in [6.07, 6.45) is 1.49. The van der Waals surface area contributed by atoms with Crippen molar-refractivity contribution in [3.8, 4) is 0 Å². The average Bonchev–Trinajstić information content (AvgIpc) is 3.21. The van der Waals surface area contributed by atoms with Gasteiger partial charge < -0.3 is 21.1 Å². The SMILES string of the molecule is CCn1ncc(NC(=S)Nc2ccc3c(Cl)c(C(=O)OC)sc3c2)c1C(N)=O. The maximum Gasteiger partial charge on any atom is 0.349 e. The maximum atomic E-state index is 11.8. The van der Waals surface area contributed by atoms with Crippen LogP contribution in [0.4, 0.5) is 11.4 Å². The van der Waals surface area contributed by atoms with Crippen molar-refractivity contribution < 1.29 is 14.3 Å². The summed E-state index contributed by atoms with van der Waals surface area (Å²) in [7, 11) is 1.31. The molecule has 0 aliphatic carbocycles. The van der Waals surface area contributed by atoms with Gasteiger partial charge in [0.1, 0.15) is 10.6 Å². The van der Waals surface area contributed by atoms with E-state index in [1.807, 2.05) is 13.0 Å². The monoisotopic (exact) mass is 437 g/mol. The molecule has 0 saturated carbocycles. The van der Waals surface area contributed by atoms with Gasteiger partial charge in [0.2, 0.25) is 0 Å². The van der Waals surface area contributed by atoms with E-state index in [4.69, 9.17) is 34.3 Å². The summed E-state index contributed by atoms with van der Waals surface area (Å²) in [4.78, 5) is 23.8. The molecule has 0 fully saturated rings. The summed E-state index contributed by atoms with van der Waals surface area (Å²) < 4.78 is 7.03. The number of anilines is 2. The van der Waals surface area contributed by atoms with Gasteiger partial charge in [-0.05, 0) is 37.3 Å². The van der Waals surface area contributed by atoms with Crippen molar-refractivity contribution in [2.45, 2.75) is 13.5 Å². The Morgan fingerprint density at radius 3 is 2.79 bits per heavy atom. The smallest absolute Gasteiger partial charge is 0.349 e. The predicted molar refractivity (Wildman–Crippen MR) is 114 cm³/mol. The number of nitrogens with zero attached hydrogens (tertiary/aromatic N) is 2. The summed E-state index contributed by atoms with van der Waals surface area (Å²) in [6.45, 7) is 2.35. The number of benzene rings is 1. The second-order valence-electron chi connectivity index (χ2n) is 5.61. The number of nitrogens with one attached hydrogen (secondary N) is 2. The van der Waals surface area contributed by atoms with E-state index >= 15 is 0 Å². The van der Waals surface area contributed by atoms with E-state index in [0.29, 0.717) is 27.8 Å². The topological polar surface area (TPSA) is 111 Å². The zero-order chi connectivity index (χ0) is 20.4. The molecule has 0 aliphatic rings. The second-order valence-corrected chi connectivity index (χ2v) is 7.45. The Morgan fingerprint density at radius 1 is 1.39 bits per heavy atom. The molecule has 0 bridgehead atoms. The van der Waals surface area contributed by atoms with Crippen LogP contribution in [0.1, 0.15) is 27.1 Å². The minimum absolute atomic E-state index is 0.245. The molecule has 0 unspecified atom stereocenters. The Morgan fingerprint density at radius 2 is 2.14 bits per heavy atom. The van der Waals surface area contributed by atoms with Crippen LogP contribution in [0.5, 0.6) is 0 Å². The number of aromatic nitrogens is 2. The summed E-state index contributed by atoms with van der Waals surface area (Å²) in [5, 5.41) is 11.4. The Bertz CT molecular complexity index is 1090. The van der Waals surface area contributed by atoms with Crippen LogP contribution in [0.15, 0.2) is 24.4 Å². The van der Waals surface area contributed by atoms with Gasteiger partial charge in [-0.25, -0.2) is 4.79 Å². The van der Waals surface area contributed by atoms with Crippen LogP contribution in [0, 0.1) is 0 Å². The number of carbonyl (C=O) groups excluding carboxylic acids is 2. The van der Waals surface area contributed by atoms with Gasteiger partial charge in [0.15, 0.2) is 5.11 Å². The fourth-order valence-electron chi connectivity index (χ4n) is 2.63. The molecule has 146 valence electrons. The lowest BCUT2D eigenvalue weighted by atomic mass is 10.2. The molecule has 0 saturated heterocycles. The average molecular weight is 438 g/mol. The van der Waals surface area contributed by atoms with E-state index in [-0.39, 0.29) is 10.8 Å². The van der Waals surface area contributed by atoms with E-state index in [2.05, 4.69) is 15.7 Å². The molecule has 2 heterocycles. The second kappa shape index (κ2) is 8.13. The first-order valence-electron chi connectivity index (χ1n) is 8.09. The molecular weight excluding hydrogens is 422 g/mol. The van der Waals surface area contributed by atoms with Gasteiger partial charge in [-0.2, -0.15) is 5.10 Å². The highest BCUT2D eigenvalue weighted by molar-refractivity contribution is 7.80. The summed E-state index contributed by atoms with van der Waals surface area (Å²) in [5.41, 5.74) is 6.77. The number of hydrogen-bond donors (Lipinski definition) is 3. The Hall–Kier alpha value is -2.69. The Balaban J connectivity index is 1.81. The van der Waals surface area contributed by atoms with Crippen molar-refractivity contribution in [1.29, 1.82) is 0 Å². The van der Waals surface area contributed by atoms with Crippen LogP contribution in [-0.2, 0) is 11.3 Å². The number of thiophene rings is 1. The lowest BCUT2D eigenvalue weighted by Crippen LogP contribution is -2.23. The molecule has 2 aromatic heterocycles. The maximum absolute atomic E-state index is 11.8. The summed E-state index contributed by atoms with van der Waals surface area (Å²) >= 11 is 12.8. The lowest BCUT2D eigenvalue weighted by Gasteiger charge is -2.11. The number of thiocarbonyl (C=S) groups is 1. The van der Waals surface area contributed by atoms with Gasteiger partial charge in [-0.3, -0.25) is 9.48 Å². The van der Waals surface area contributed by atoms with E-state index in [0.717, 1.165) is 10.1 Å². The van der Waals surface area contributed by atoms with Crippen molar-refractivity contribution in [2.75, 3.05) is 17.7 Å². The van der Waals surface area contributed by atoms with Crippen LogP contribution in [-0.4, -0.2) is 33.9 Å². The van der Waals surface area contributed by atoms with E-state index < -0.39 is 11.9 Å². The molecule has 0 aliphatic heterocycles. The van der Waals surface area contributed by atoms with Crippen molar-refractivity contribution in [3.63, 3.8) is 0 Å². The minimum atomic E-state index is -0.602. The van der Waals surface area contributed by atoms with Crippen LogP contribution >= 0.6 is 35.2 Å². The van der Waals surface area contributed by atoms with Crippen LogP contribution in [0.3, 0.4) is 0 Å². The molecule has 3 rings (SSSR count). The first kappa shape index (κ1) is 20.1. The van der Waals surface area contributed by atoms with E-state index in [1.54, 1.807) is 12.1 Å². The predicted octanol–water partition coefficient (Wildman–Crippen LogP) is 3.47. The molecular formula is C17H16ClN5O3S2. The van der Waals surface area contributed by atoms with E-state index in [1.165, 1.54) is 29.3 Å². The summed E-state index contributed by atoms with van der Waals surface area (Å²) in [6, 6.07) is 5.38. The highest BCUT2D eigenvalue weighted by Gasteiger charge is 2.19. The minimum Gasteiger partial charge on any atom is -0.465 e. The third kappa shape index (κ3) is 3.79. The van der Waals surface area contributed by atoms with Gasteiger partial charge in [-0.1, -0.05) is 11.6 Å². The van der Waals surface area contributed by atoms with Crippen molar-refractivity contribution in [2.24, 2.45) is 5.73 Å². The molecule has 0 radical (unpaired) electrons. The van der Waals surface area contributed by atoms with Crippen molar-refractivity contribution in [3.05, 3.63) is 40.0 Å². The lowest BCUT2D eigenvalue weighted by molar-refractivity contribution is 0.0606. The quantitative estimate of drug-likeness (QED) is 0.414. The number of halogens is 1. The molecule has 4 N–H and O–H groups in total. The number of primary amides is 1. The largest absolute Gasteiger partial charge is 0.465 e. The molecule has 3 aromatic rings. The third-order valence-electron chi connectivity index (χ3n) is 3.88. The zero-order valence-corrected chi connectivity index (χ0v) is 17.3. The zero-order valence-electron chi connectivity index (χ0n) is 14.9. The number of nitrogens with two attached hydrogens (primary N) is 1. The van der Waals surface area contributed by atoms with Crippen LogP contribution in [0.25, 0.3) is 10.1 Å². The molecule has 8 nitrogen and oxygen atoms in total. The number of carbonyl (C=O) groups is 2. The molecule has 28 heavy (non-hydrogen) atoms. The number of ether oxygens (including phenoxy) is 1. The first-order chi connectivity index (χ1) is 13.3. The van der Waals surface area contributed by atoms with E-state index in [9.17, 15) is 9.59 Å². The number of rotatable bonds is 5. The first-order valence-corrected chi connectivity index (χ1v) is 9.70. The number of amides is 1. The summed E-state index contributed by atoms with van der Waals surface area (Å²) in [5.74, 6) is -1.08. The Kier molecular flexibility index (Phi) is 5.82. The van der Waals surface area contributed by atoms with Gasteiger partial charge in [-0.15, -0.1) is 11.3 Å². The van der Waals surface area contributed by atoms with Crippen LogP contribution < -0.4 is 16.4 Å². The van der Waals surface area contributed by atoms with Crippen LogP contribution in [0.2, 0.25) is 5.02 Å². The fraction of sp³-hybridized carbons (Fsp3) is 0.176. The van der Waals surface area contributed by atoms with Crippen molar-refractivity contribution in [1.82, 2.24) is 9.78 Å². The number of hydrogen-bond acceptors (Lipinski definition) is 6. The Labute approximate surface area is 174 Å².